The van der Waals surface area contributed by atoms with Gasteiger partial charge in [-0.2, -0.15) is 4.39 Å². The number of nitrogens with zero attached hydrogens (tertiary/aromatic N) is 3. The summed E-state index contributed by atoms with van der Waals surface area (Å²) >= 11 is 6.86. The van der Waals surface area contributed by atoms with E-state index < -0.39 is 5.82 Å². The van der Waals surface area contributed by atoms with Crippen molar-refractivity contribution in [1.82, 2.24) is 15.0 Å². The Morgan fingerprint density at radius 3 is 2.82 bits per heavy atom. The topological polar surface area (TPSA) is 64.7 Å². The van der Waals surface area contributed by atoms with Gasteiger partial charge in [0, 0.05) is 11.9 Å². The molecule has 0 spiro atoms. The van der Waals surface area contributed by atoms with E-state index in [4.69, 9.17) is 17.3 Å². The molecule has 88 valence electrons. The van der Waals surface area contributed by atoms with Gasteiger partial charge in [0.2, 0.25) is 5.82 Å². The van der Waals surface area contributed by atoms with Crippen molar-refractivity contribution in [3.63, 3.8) is 0 Å². The summed E-state index contributed by atoms with van der Waals surface area (Å²) in [6.45, 7) is 0. The van der Waals surface area contributed by atoms with Gasteiger partial charge in [-0.05, 0) is 12.1 Å². The van der Waals surface area contributed by atoms with Gasteiger partial charge >= 0.3 is 0 Å². The minimum atomic E-state index is -0.783. The van der Waals surface area contributed by atoms with E-state index in [-0.39, 0.29) is 11.0 Å². The van der Waals surface area contributed by atoms with Crippen molar-refractivity contribution < 1.29 is 4.39 Å². The number of anilines is 1. The van der Waals surface area contributed by atoms with Gasteiger partial charge in [0.15, 0.2) is 16.1 Å². The van der Waals surface area contributed by atoms with E-state index in [1.54, 1.807) is 6.20 Å². The summed E-state index contributed by atoms with van der Waals surface area (Å²) in [6.07, 6.45) is 1.70. The zero-order valence-electron chi connectivity index (χ0n) is 8.60. The lowest BCUT2D eigenvalue weighted by atomic mass is 10.4. The summed E-state index contributed by atoms with van der Waals surface area (Å²) in [7, 11) is 0. The second kappa shape index (κ2) is 5.29. The molecule has 0 saturated heterocycles. The summed E-state index contributed by atoms with van der Waals surface area (Å²) in [6, 6.07) is 5.59. The molecule has 2 N–H and O–H groups in total. The Balaban J connectivity index is 2.10. The van der Waals surface area contributed by atoms with Crippen LogP contribution in [0.5, 0.6) is 0 Å². The molecule has 2 rings (SSSR count). The normalized spacial score (nSPS) is 10.5. The Kier molecular flexibility index (Phi) is 3.75. The zero-order chi connectivity index (χ0) is 12.3. The molecule has 0 aromatic carbocycles. The molecule has 0 atom stereocenters. The number of nitrogens with two attached hydrogens (primary N) is 1. The van der Waals surface area contributed by atoms with Crippen LogP contribution in [0.2, 0.25) is 5.15 Å². The van der Waals surface area contributed by atoms with Crippen molar-refractivity contribution in [3.8, 4) is 0 Å². The van der Waals surface area contributed by atoms with Gasteiger partial charge < -0.3 is 5.73 Å². The second-order valence-corrected chi connectivity index (χ2v) is 4.41. The van der Waals surface area contributed by atoms with Gasteiger partial charge in [-0.3, -0.25) is 4.98 Å². The van der Waals surface area contributed by atoms with Crippen LogP contribution < -0.4 is 5.73 Å². The lowest BCUT2D eigenvalue weighted by Gasteiger charge is -2.02. The number of rotatable bonds is 3. The molecular weight excluding hydrogens is 263 g/mol. The van der Waals surface area contributed by atoms with Gasteiger partial charge in [-0.15, -0.1) is 0 Å². The second-order valence-electron chi connectivity index (χ2n) is 3.11. The molecule has 0 radical (unpaired) electrons. The standard InChI is InChI=1S/C10H8ClFN4S/c11-8-7(12)9(13)16-10(15-8)17-5-6-3-1-2-4-14-6/h1-4H,5H2,(H2,13,15,16). The highest BCUT2D eigenvalue weighted by Gasteiger charge is 2.10. The van der Waals surface area contributed by atoms with E-state index in [0.29, 0.717) is 10.9 Å². The third-order valence-corrected chi connectivity index (χ3v) is 3.02. The van der Waals surface area contributed by atoms with Crippen LogP contribution >= 0.6 is 23.4 Å². The van der Waals surface area contributed by atoms with Gasteiger partial charge in [0.1, 0.15) is 0 Å². The van der Waals surface area contributed by atoms with Crippen LogP contribution in [0.25, 0.3) is 0 Å². The molecule has 0 unspecified atom stereocenters. The van der Waals surface area contributed by atoms with Gasteiger partial charge in [-0.1, -0.05) is 29.4 Å². The minimum absolute atomic E-state index is 0.242. The minimum Gasteiger partial charge on any atom is -0.381 e. The largest absolute Gasteiger partial charge is 0.381 e. The maximum Gasteiger partial charge on any atom is 0.202 e. The number of hydrogen-bond donors (Lipinski definition) is 1. The van der Waals surface area contributed by atoms with Gasteiger partial charge in [0.25, 0.3) is 0 Å². The molecule has 0 aliphatic carbocycles. The Bertz CT molecular complexity index is 500. The number of halogens is 2. The Morgan fingerprint density at radius 2 is 2.18 bits per heavy atom. The summed E-state index contributed by atoms with van der Waals surface area (Å²) < 4.78 is 13.1. The molecule has 0 aliphatic rings. The van der Waals surface area contributed by atoms with Crippen molar-refractivity contribution in [1.29, 1.82) is 0 Å². The molecule has 0 saturated carbocycles. The van der Waals surface area contributed by atoms with E-state index in [2.05, 4.69) is 15.0 Å². The van der Waals surface area contributed by atoms with Gasteiger partial charge in [0.05, 0.1) is 5.69 Å². The predicted molar refractivity (Wildman–Crippen MR) is 65.2 cm³/mol. The third kappa shape index (κ3) is 3.04. The first-order valence-corrected chi connectivity index (χ1v) is 6.04. The molecule has 0 aliphatic heterocycles. The summed E-state index contributed by atoms with van der Waals surface area (Å²) in [5, 5.41) is 0.0700. The van der Waals surface area contributed by atoms with Crippen molar-refractivity contribution in [2.24, 2.45) is 0 Å². The number of thioether (sulfide) groups is 1. The Morgan fingerprint density at radius 1 is 1.35 bits per heavy atom. The van der Waals surface area contributed by atoms with Crippen LogP contribution in [0.3, 0.4) is 0 Å². The molecular formula is C10H8ClFN4S. The molecule has 7 heteroatoms. The highest BCUT2D eigenvalue weighted by molar-refractivity contribution is 7.98. The van der Waals surface area contributed by atoms with Crippen molar-refractivity contribution >= 4 is 29.2 Å². The number of hydrogen-bond acceptors (Lipinski definition) is 5. The van der Waals surface area contributed by atoms with Crippen LogP contribution in [0.4, 0.5) is 10.2 Å². The summed E-state index contributed by atoms with van der Waals surface area (Å²) in [5.74, 6) is -0.454. The number of nitrogen functional groups attached to an aromatic ring is 1. The first-order chi connectivity index (χ1) is 8.16. The first-order valence-electron chi connectivity index (χ1n) is 4.68. The average Bonchev–Trinajstić information content (AvgIpc) is 2.34. The lowest BCUT2D eigenvalue weighted by molar-refractivity contribution is 0.613. The van der Waals surface area contributed by atoms with Crippen LogP contribution in [0.15, 0.2) is 29.6 Å². The van der Waals surface area contributed by atoms with E-state index in [9.17, 15) is 4.39 Å². The van der Waals surface area contributed by atoms with Crippen LogP contribution in [0, 0.1) is 5.82 Å². The van der Waals surface area contributed by atoms with E-state index in [0.717, 1.165) is 5.69 Å². The van der Waals surface area contributed by atoms with Crippen molar-refractivity contribution in [3.05, 3.63) is 41.1 Å². The van der Waals surface area contributed by atoms with Crippen LogP contribution in [-0.2, 0) is 5.75 Å². The number of pyridine rings is 1. The smallest absolute Gasteiger partial charge is 0.202 e. The Labute approximate surface area is 106 Å². The predicted octanol–water partition coefficient (Wildman–Crippen LogP) is 2.54. The summed E-state index contributed by atoms with van der Waals surface area (Å²) in [4.78, 5) is 11.7. The van der Waals surface area contributed by atoms with E-state index in [1.807, 2.05) is 18.2 Å². The van der Waals surface area contributed by atoms with E-state index in [1.165, 1.54) is 11.8 Å². The first kappa shape index (κ1) is 12.1. The molecule has 2 aromatic rings. The third-order valence-electron chi connectivity index (χ3n) is 1.89. The quantitative estimate of drug-likeness (QED) is 0.527. The highest BCUT2D eigenvalue weighted by Crippen LogP contribution is 2.23. The highest BCUT2D eigenvalue weighted by atomic mass is 35.5. The molecule has 2 heterocycles. The van der Waals surface area contributed by atoms with Crippen LogP contribution in [0.1, 0.15) is 5.69 Å². The average molecular weight is 271 g/mol. The van der Waals surface area contributed by atoms with Crippen molar-refractivity contribution in [2.75, 3.05) is 5.73 Å². The molecule has 0 bridgehead atoms. The molecule has 4 nitrogen and oxygen atoms in total. The Hall–Kier alpha value is -1.40. The van der Waals surface area contributed by atoms with Crippen LogP contribution in [-0.4, -0.2) is 15.0 Å². The maximum atomic E-state index is 13.1. The zero-order valence-corrected chi connectivity index (χ0v) is 10.2. The fourth-order valence-electron chi connectivity index (χ4n) is 1.10. The monoisotopic (exact) mass is 270 g/mol. The molecule has 17 heavy (non-hydrogen) atoms. The fourth-order valence-corrected chi connectivity index (χ4v) is 2.10. The number of aromatic nitrogens is 3. The maximum absolute atomic E-state index is 13.1. The van der Waals surface area contributed by atoms with Crippen molar-refractivity contribution in [2.45, 2.75) is 10.9 Å². The van der Waals surface area contributed by atoms with E-state index >= 15 is 0 Å². The SMILES string of the molecule is Nc1nc(SCc2ccccn2)nc(Cl)c1F. The molecule has 0 amide bonds. The lowest BCUT2D eigenvalue weighted by Crippen LogP contribution is -2.00. The summed E-state index contributed by atoms with van der Waals surface area (Å²) in [5.41, 5.74) is 6.23. The molecule has 2 aromatic heterocycles. The van der Waals surface area contributed by atoms with Gasteiger partial charge in [-0.25, -0.2) is 9.97 Å². The fraction of sp³-hybridized carbons (Fsp3) is 0.100. The molecule has 0 fully saturated rings.